The Hall–Kier alpha value is -2.49. The number of hydrogen-bond acceptors (Lipinski definition) is 2. The highest BCUT2D eigenvalue weighted by molar-refractivity contribution is 5.82. The van der Waals surface area contributed by atoms with Gasteiger partial charge in [-0.1, -0.05) is 35.9 Å². The fourth-order valence-corrected chi connectivity index (χ4v) is 2.38. The third-order valence-corrected chi connectivity index (χ3v) is 3.44. The number of aromatic amines is 1. The van der Waals surface area contributed by atoms with Crippen LogP contribution in [0.1, 0.15) is 11.1 Å². The van der Waals surface area contributed by atoms with Crippen molar-refractivity contribution in [2.75, 3.05) is 7.11 Å². The van der Waals surface area contributed by atoms with Gasteiger partial charge >= 0.3 is 5.69 Å². The van der Waals surface area contributed by atoms with Crippen LogP contribution < -0.4 is 10.4 Å². The highest BCUT2D eigenvalue weighted by atomic mass is 16.5. The molecule has 0 atom stereocenters. The van der Waals surface area contributed by atoms with Gasteiger partial charge in [-0.15, -0.1) is 0 Å². The summed E-state index contributed by atoms with van der Waals surface area (Å²) in [5, 5.41) is 0. The molecule has 4 heteroatoms. The molecule has 0 saturated heterocycles. The van der Waals surface area contributed by atoms with Crippen LogP contribution in [-0.2, 0) is 6.54 Å². The van der Waals surface area contributed by atoms with Gasteiger partial charge in [-0.25, -0.2) is 4.79 Å². The van der Waals surface area contributed by atoms with Gasteiger partial charge in [-0.3, -0.25) is 4.57 Å². The van der Waals surface area contributed by atoms with E-state index in [1.807, 2.05) is 49.4 Å². The van der Waals surface area contributed by atoms with Gasteiger partial charge in [0.05, 0.1) is 19.2 Å². The van der Waals surface area contributed by atoms with Crippen molar-refractivity contribution in [1.29, 1.82) is 0 Å². The van der Waals surface area contributed by atoms with Gasteiger partial charge in [0.15, 0.2) is 0 Å². The molecule has 102 valence electrons. The van der Waals surface area contributed by atoms with E-state index in [9.17, 15) is 4.79 Å². The average Bonchev–Trinajstić information content (AvgIpc) is 2.77. The van der Waals surface area contributed by atoms with Crippen molar-refractivity contribution in [3.63, 3.8) is 0 Å². The summed E-state index contributed by atoms with van der Waals surface area (Å²) in [6, 6.07) is 13.8. The first-order valence-electron chi connectivity index (χ1n) is 6.50. The van der Waals surface area contributed by atoms with Gasteiger partial charge in [-0.05, 0) is 24.6 Å². The molecule has 3 rings (SSSR count). The second-order valence-corrected chi connectivity index (χ2v) is 4.86. The first-order valence-corrected chi connectivity index (χ1v) is 6.50. The lowest BCUT2D eigenvalue weighted by molar-refractivity contribution is 0.417. The molecule has 4 nitrogen and oxygen atoms in total. The number of benzene rings is 2. The molecule has 3 aromatic rings. The van der Waals surface area contributed by atoms with E-state index < -0.39 is 0 Å². The number of aryl methyl sites for hydroxylation is 1. The summed E-state index contributed by atoms with van der Waals surface area (Å²) in [5.74, 6) is 0.702. The zero-order valence-electron chi connectivity index (χ0n) is 11.5. The Morgan fingerprint density at radius 1 is 1.15 bits per heavy atom. The largest absolute Gasteiger partial charge is 0.494 e. The number of nitrogens with one attached hydrogen (secondary N) is 1. The Bertz CT molecular complexity index is 797. The number of rotatable bonds is 3. The van der Waals surface area contributed by atoms with Gasteiger partial charge < -0.3 is 9.72 Å². The second kappa shape index (κ2) is 4.89. The van der Waals surface area contributed by atoms with E-state index in [1.165, 1.54) is 5.56 Å². The van der Waals surface area contributed by atoms with E-state index in [-0.39, 0.29) is 5.69 Å². The zero-order chi connectivity index (χ0) is 14.1. The van der Waals surface area contributed by atoms with Crippen molar-refractivity contribution >= 4 is 11.0 Å². The number of H-pyrrole nitrogens is 1. The molecule has 0 spiro atoms. The summed E-state index contributed by atoms with van der Waals surface area (Å²) >= 11 is 0. The van der Waals surface area contributed by atoms with Crippen molar-refractivity contribution in [1.82, 2.24) is 9.55 Å². The molecule has 0 radical (unpaired) electrons. The van der Waals surface area contributed by atoms with Crippen molar-refractivity contribution in [3.05, 3.63) is 64.1 Å². The van der Waals surface area contributed by atoms with Gasteiger partial charge in [0.25, 0.3) is 0 Å². The maximum Gasteiger partial charge on any atom is 0.326 e. The Morgan fingerprint density at radius 2 is 1.90 bits per heavy atom. The third-order valence-electron chi connectivity index (χ3n) is 3.44. The van der Waals surface area contributed by atoms with Crippen LogP contribution in [0.3, 0.4) is 0 Å². The van der Waals surface area contributed by atoms with Crippen molar-refractivity contribution in [3.8, 4) is 5.75 Å². The molecule has 20 heavy (non-hydrogen) atoms. The van der Waals surface area contributed by atoms with Gasteiger partial charge in [-0.2, -0.15) is 0 Å². The number of aromatic nitrogens is 2. The van der Waals surface area contributed by atoms with Crippen LogP contribution in [0.2, 0.25) is 0 Å². The first kappa shape index (κ1) is 12.5. The van der Waals surface area contributed by atoms with Crippen molar-refractivity contribution in [2.24, 2.45) is 0 Å². The smallest absolute Gasteiger partial charge is 0.326 e. The lowest BCUT2D eigenvalue weighted by Crippen LogP contribution is -2.17. The lowest BCUT2D eigenvalue weighted by atomic mass is 10.1. The Balaban J connectivity index is 2.13. The number of fused-ring (bicyclic) bond motifs is 1. The number of ether oxygens (including phenoxy) is 1. The molecule has 0 aliphatic rings. The van der Waals surface area contributed by atoms with E-state index in [4.69, 9.17) is 4.74 Å². The Kier molecular flexibility index (Phi) is 3.06. The van der Waals surface area contributed by atoms with Gasteiger partial charge in [0.1, 0.15) is 11.3 Å². The number of para-hydroxylation sites is 1. The van der Waals surface area contributed by atoms with Crippen LogP contribution in [-0.4, -0.2) is 16.7 Å². The Labute approximate surface area is 116 Å². The summed E-state index contributed by atoms with van der Waals surface area (Å²) in [6.45, 7) is 2.57. The van der Waals surface area contributed by atoms with Crippen LogP contribution in [0.5, 0.6) is 5.75 Å². The average molecular weight is 268 g/mol. The quantitative estimate of drug-likeness (QED) is 0.794. The molecule has 0 aliphatic carbocycles. The van der Waals surface area contributed by atoms with E-state index in [2.05, 4.69) is 4.98 Å². The molecule has 0 fully saturated rings. The van der Waals surface area contributed by atoms with Crippen LogP contribution in [0.4, 0.5) is 0 Å². The van der Waals surface area contributed by atoms with Crippen LogP contribution in [0.25, 0.3) is 11.0 Å². The molecule has 1 aromatic heterocycles. The standard InChI is InChI=1S/C16H16N2O2/c1-11-6-8-12(9-7-11)10-18-15-13(17-16(18)19)4-3-5-14(15)20-2/h3-9H,10H2,1-2H3,(H,17,19). The second-order valence-electron chi connectivity index (χ2n) is 4.86. The molecule has 1 heterocycles. The summed E-state index contributed by atoms with van der Waals surface area (Å²) < 4.78 is 7.07. The fourth-order valence-electron chi connectivity index (χ4n) is 2.38. The van der Waals surface area contributed by atoms with Crippen LogP contribution in [0, 0.1) is 6.92 Å². The molecule has 0 unspecified atom stereocenters. The molecule has 0 aliphatic heterocycles. The number of methoxy groups -OCH3 is 1. The maximum atomic E-state index is 12.1. The summed E-state index contributed by atoms with van der Waals surface area (Å²) in [7, 11) is 1.61. The molecule has 2 aromatic carbocycles. The molecule has 0 amide bonds. The summed E-state index contributed by atoms with van der Waals surface area (Å²) in [6.07, 6.45) is 0. The summed E-state index contributed by atoms with van der Waals surface area (Å²) in [5.41, 5.74) is 3.77. The first-order chi connectivity index (χ1) is 9.69. The lowest BCUT2D eigenvalue weighted by Gasteiger charge is -2.07. The van der Waals surface area contributed by atoms with E-state index in [0.29, 0.717) is 12.3 Å². The van der Waals surface area contributed by atoms with Gasteiger partial charge in [0, 0.05) is 0 Å². The molecule has 0 bridgehead atoms. The molecular weight excluding hydrogens is 252 g/mol. The van der Waals surface area contributed by atoms with E-state index >= 15 is 0 Å². The fraction of sp³-hybridized carbons (Fsp3) is 0.188. The molecule has 1 N–H and O–H groups in total. The Morgan fingerprint density at radius 3 is 2.60 bits per heavy atom. The number of nitrogens with zero attached hydrogens (tertiary/aromatic N) is 1. The molecular formula is C16H16N2O2. The topological polar surface area (TPSA) is 47.0 Å². The van der Waals surface area contributed by atoms with Gasteiger partial charge in [0.2, 0.25) is 0 Å². The van der Waals surface area contributed by atoms with E-state index in [0.717, 1.165) is 16.6 Å². The predicted molar refractivity (Wildman–Crippen MR) is 79.4 cm³/mol. The predicted octanol–water partition coefficient (Wildman–Crippen LogP) is 2.69. The van der Waals surface area contributed by atoms with Crippen molar-refractivity contribution < 1.29 is 4.74 Å². The van der Waals surface area contributed by atoms with Crippen LogP contribution in [0.15, 0.2) is 47.3 Å². The monoisotopic (exact) mass is 268 g/mol. The van der Waals surface area contributed by atoms with E-state index in [1.54, 1.807) is 11.7 Å². The number of hydrogen-bond donors (Lipinski definition) is 1. The minimum atomic E-state index is -0.120. The highest BCUT2D eigenvalue weighted by Gasteiger charge is 2.11. The van der Waals surface area contributed by atoms with Crippen LogP contribution >= 0.6 is 0 Å². The SMILES string of the molecule is COc1cccc2[nH]c(=O)n(Cc3ccc(C)cc3)c12. The normalized spacial score (nSPS) is 10.9. The zero-order valence-corrected chi connectivity index (χ0v) is 11.5. The maximum absolute atomic E-state index is 12.1. The van der Waals surface area contributed by atoms with Crippen molar-refractivity contribution in [2.45, 2.75) is 13.5 Å². The minimum absolute atomic E-state index is 0.120. The number of imidazole rings is 1. The minimum Gasteiger partial charge on any atom is -0.494 e. The molecule has 0 saturated carbocycles. The highest BCUT2D eigenvalue weighted by Crippen LogP contribution is 2.23. The summed E-state index contributed by atoms with van der Waals surface area (Å²) in [4.78, 5) is 15.0. The third kappa shape index (κ3) is 2.09.